The van der Waals surface area contributed by atoms with E-state index in [-0.39, 0.29) is 18.2 Å². The topological polar surface area (TPSA) is 51.7 Å². The first-order valence-corrected chi connectivity index (χ1v) is 8.53. The maximum Gasteiger partial charge on any atom is 0.573 e. The minimum atomic E-state index is -4.86. The van der Waals surface area contributed by atoms with Crippen molar-refractivity contribution in [3.05, 3.63) is 52.6 Å². The molecule has 1 fully saturated rings. The summed E-state index contributed by atoms with van der Waals surface area (Å²) in [6, 6.07) is 8.79. The van der Waals surface area contributed by atoms with Crippen molar-refractivity contribution in [2.45, 2.75) is 18.9 Å². The summed E-state index contributed by atoms with van der Waals surface area (Å²) < 4.78 is 48.0. The summed E-state index contributed by atoms with van der Waals surface area (Å²) >= 11 is 3.28. The van der Waals surface area contributed by atoms with E-state index in [9.17, 15) is 18.0 Å². The zero-order valence-electron chi connectivity index (χ0n) is 13.4. The van der Waals surface area contributed by atoms with Gasteiger partial charge in [0.05, 0.1) is 12.1 Å². The van der Waals surface area contributed by atoms with E-state index in [0.717, 1.165) is 10.5 Å². The van der Waals surface area contributed by atoms with Crippen LogP contribution in [0.15, 0.2) is 47.1 Å². The van der Waals surface area contributed by atoms with E-state index in [1.165, 1.54) is 23.1 Å². The minimum absolute atomic E-state index is 0.132. The van der Waals surface area contributed by atoms with E-state index in [4.69, 9.17) is 4.74 Å². The summed E-state index contributed by atoms with van der Waals surface area (Å²) in [4.78, 5) is 18.2. The Bertz CT molecular complexity index is 784. The number of para-hydroxylation sites is 1. The van der Waals surface area contributed by atoms with Crippen LogP contribution < -0.4 is 9.47 Å². The van der Waals surface area contributed by atoms with Gasteiger partial charge in [0.25, 0.3) is 5.91 Å². The number of benzene rings is 1. The lowest BCUT2D eigenvalue weighted by Crippen LogP contribution is -2.31. The van der Waals surface area contributed by atoms with Gasteiger partial charge in [-0.15, -0.1) is 13.2 Å². The Morgan fingerprint density at radius 2 is 2.00 bits per heavy atom. The zero-order valence-corrected chi connectivity index (χ0v) is 15.0. The first-order valence-electron chi connectivity index (χ1n) is 7.74. The molecule has 138 valence electrons. The number of ether oxygens (including phenoxy) is 2. The van der Waals surface area contributed by atoms with Crippen molar-refractivity contribution in [3.63, 3.8) is 0 Å². The van der Waals surface area contributed by atoms with Crippen LogP contribution >= 0.6 is 15.9 Å². The van der Waals surface area contributed by atoms with Crippen molar-refractivity contribution >= 4 is 21.8 Å². The van der Waals surface area contributed by atoms with Crippen molar-refractivity contribution < 1.29 is 27.4 Å². The van der Waals surface area contributed by atoms with Crippen LogP contribution in [0.25, 0.3) is 0 Å². The second-order valence-electron chi connectivity index (χ2n) is 5.64. The van der Waals surface area contributed by atoms with Crippen molar-refractivity contribution in [2.75, 3.05) is 13.1 Å². The number of halogens is 4. The number of hydrogen-bond donors (Lipinski definition) is 0. The summed E-state index contributed by atoms with van der Waals surface area (Å²) in [6.45, 7) is 0.636. The minimum Gasteiger partial charge on any atom is -0.472 e. The van der Waals surface area contributed by atoms with E-state index < -0.39 is 18.0 Å². The fourth-order valence-corrected chi connectivity index (χ4v) is 2.87. The van der Waals surface area contributed by atoms with Crippen LogP contribution in [-0.2, 0) is 0 Å². The van der Waals surface area contributed by atoms with Gasteiger partial charge in [0.15, 0.2) is 0 Å². The van der Waals surface area contributed by atoms with Gasteiger partial charge in [-0.2, -0.15) is 0 Å². The number of carbonyl (C=O) groups is 1. The Kier molecular flexibility index (Phi) is 5.36. The molecule has 1 atom stereocenters. The molecule has 0 saturated carbocycles. The molecule has 0 bridgehead atoms. The SMILES string of the molecule is O=C(c1ccccc1OC(F)(F)F)N1CCC(Oc2ccc(Br)cn2)C1. The van der Waals surface area contributed by atoms with Gasteiger partial charge < -0.3 is 14.4 Å². The van der Waals surface area contributed by atoms with Gasteiger partial charge in [0, 0.05) is 29.7 Å². The van der Waals surface area contributed by atoms with Gasteiger partial charge >= 0.3 is 6.36 Å². The monoisotopic (exact) mass is 430 g/mol. The molecule has 0 aliphatic carbocycles. The molecular formula is C17H14BrF3N2O3. The average Bonchev–Trinajstić information content (AvgIpc) is 3.04. The molecule has 1 aromatic heterocycles. The fraction of sp³-hybridized carbons (Fsp3) is 0.294. The molecule has 1 amide bonds. The summed E-state index contributed by atoms with van der Waals surface area (Å²) in [7, 11) is 0. The molecule has 1 saturated heterocycles. The Balaban J connectivity index is 1.67. The number of likely N-dealkylation sites (tertiary alicyclic amines) is 1. The van der Waals surface area contributed by atoms with Crippen LogP contribution in [0.2, 0.25) is 0 Å². The molecule has 1 unspecified atom stereocenters. The molecule has 1 aliphatic rings. The van der Waals surface area contributed by atoms with Gasteiger partial charge in [-0.25, -0.2) is 4.98 Å². The molecule has 1 aromatic carbocycles. The molecule has 9 heteroatoms. The van der Waals surface area contributed by atoms with E-state index in [1.54, 1.807) is 18.3 Å². The highest BCUT2D eigenvalue weighted by atomic mass is 79.9. The second-order valence-corrected chi connectivity index (χ2v) is 6.55. The molecule has 26 heavy (non-hydrogen) atoms. The lowest BCUT2D eigenvalue weighted by molar-refractivity contribution is -0.274. The van der Waals surface area contributed by atoms with E-state index >= 15 is 0 Å². The number of nitrogens with zero attached hydrogens (tertiary/aromatic N) is 2. The van der Waals surface area contributed by atoms with Crippen LogP contribution in [0.5, 0.6) is 11.6 Å². The van der Waals surface area contributed by atoms with E-state index in [0.29, 0.717) is 18.8 Å². The molecular weight excluding hydrogens is 417 g/mol. The third-order valence-electron chi connectivity index (χ3n) is 3.76. The molecule has 0 N–H and O–H groups in total. The second kappa shape index (κ2) is 7.53. The predicted octanol–water partition coefficient (Wildman–Crippen LogP) is 4.04. The highest BCUT2D eigenvalue weighted by Crippen LogP contribution is 2.28. The summed E-state index contributed by atoms with van der Waals surface area (Å²) in [5.41, 5.74) is -0.132. The highest BCUT2D eigenvalue weighted by molar-refractivity contribution is 9.10. The van der Waals surface area contributed by atoms with Crippen molar-refractivity contribution in [2.24, 2.45) is 0 Å². The first kappa shape index (κ1) is 18.5. The Hall–Kier alpha value is -2.29. The summed E-state index contributed by atoms with van der Waals surface area (Å²) in [6.07, 6.45) is -2.98. The number of amides is 1. The highest BCUT2D eigenvalue weighted by Gasteiger charge is 2.35. The lowest BCUT2D eigenvalue weighted by atomic mass is 10.2. The van der Waals surface area contributed by atoms with E-state index in [1.807, 2.05) is 0 Å². The van der Waals surface area contributed by atoms with Crippen LogP contribution in [0.4, 0.5) is 13.2 Å². The Morgan fingerprint density at radius 3 is 2.69 bits per heavy atom. The maximum absolute atomic E-state index is 12.6. The van der Waals surface area contributed by atoms with E-state index in [2.05, 4.69) is 25.7 Å². The Labute approximate surface area is 155 Å². The number of rotatable bonds is 4. The molecule has 2 heterocycles. The van der Waals surface area contributed by atoms with Crippen LogP contribution in [-0.4, -0.2) is 41.3 Å². The van der Waals surface area contributed by atoms with Crippen LogP contribution in [0.3, 0.4) is 0 Å². The number of carbonyl (C=O) groups excluding carboxylic acids is 1. The van der Waals surface area contributed by atoms with Crippen LogP contribution in [0.1, 0.15) is 16.8 Å². The van der Waals surface area contributed by atoms with Gasteiger partial charge in [-0.1, -0.05) is 12.1 Å². The summed E-state index contributed by atoms with van der Waals surface area (Å²) in [5.74, 6) is -0.614. The van der Waals surface area contributed by atoms with Gasteiger partial charge in [-0.3, -0.25) is 4.79 Å². The third kappa shape index (κ3) is 4.66. The number of hydrogen-bond acceptors (Lipinski definition) is 4. The molecule has 3 rings (SSSR count). The summed E-state index contributed by atoms with van der Waals surface area (Å²) in [5, 5.41) is 0. The molecule has 0 spiro atoms. The van der Waals surface area contributed by atoms with Crippen molar-refractivity contribution in [1.29, 1.82) is 0 Å². The molecule has 0 radical (unpaired) electrons. The zero-order chi connectivity index (χ0) is 18.7. The smallest absolute Gasteiger partial charge is 0.472 e. The van der Waals surface area contributed by atoms with Gasteiger partial charge in [-0.05, 0) is 34.1 Å². The van der Waals surface area contributed by atoms with Crippen molar-refractivity contribution in [3.8, 4) is 11.6 Å². The number of pyridine rings is 1. The number of aromatic nitrogens is 1. The third-order valence-corrected chi connectivity index (χ3v) is 4.23. The quantitative estimate of drug-likeness (QED) is 0.734. The van der Waals surface area contributed by atoms with Gasteiger partial charge in [0.2, 0.25) is 5.88 Å². The van der Waals surface area contributed by atoms with Crippen molar-refractivity contribution in [1.82, 2.24) is 9.88 Å². The lowest BCUT2D eigenvalue weighted by Gasteiger charge is -2.19. The largest absolute Gasteiger partial charge is 0.573 e. The normalized spacial score (nSPS) is 17.2. The average molecular weight is 431 g/mol. The van der Waals surface area contributed by atoms with Crippen LogP contribution in [0, 0.1) is 0 Å². The first-order chi connectivity index (χ1) is 12.3. The Morgan fingerprint density at radius 1 is 1.23 bits per heavy atom. The maximum atomic E-state index is 12.6. The fourth-order valence-electron chi connectivity index (χ4n) is 2.64. The number of alkyl halides is 3. The standard InChI is InChI=1S/C17H14BrF3N2O3/c18-11-5-6-15(22-9-11)25-12-7-8-23(10-12)16(24)13-3-1-2-4-14(13)26-17(19,20)21/h1-6,9,12H,7-8,10H2. The molecule has 5 nitrogen and oxygen atoms in total. The van der Waals surface area contributed by atoms with Gasteiger partial charge in [0.1, 0.15) is 11.9 Å². The molecule has 1 aliphatic heterocycles. The molecule has 2 aromatic rings. The predicted molar refractivity (Wildman–Crippen MR) is 90.0 cm³/mol.